The Balaban J connectivity index is 2.01. The Labute approximate surface area is 48.0 Å². The lowest BCUT2D eigenvalue weighted by atomic mass is 10.1. The van der Waals surface area contributed by atoms with Gasteiger partial charge in [0.15, 0.2) is 0 Å². The summed E-state index contributed by atoms with van der Waals surface area (Å²) in [6, 6.07) is 0. The van der Waals surface area contributed by atoms with Gasteiger partial charge >= 0.3 is 0 Å². The molecule has 8 heavy (non-hydrogen) atoms. The zero-order chi connectivity index (χ0) is 5.61. The first-order chi connectivity index (χ1) is 3.87. The van der Waals surface area contributed by atoms with E-state index in [1.165, 1.54) is 12.8 Å². The molecule has 1 aliphatic carbocycles. The fourth-order valence-electron chi connectivity index (χ4n) is 1.02. The van der Waals surface area contributed by atoms with E-state index in [0.717, 1.165) is 0 Å². The van der Waals surface area contributed by atoms with Gasteiger partial charge in [-0.3, -0.25) is 0 Å². The van der Waals surface area contributed by atoms with E-state index in [2.05, 4.69) is 10.2 Å². The third kappa shape index (κ3) is 0.422. The van der Waals surface area contributed by atoms with Crippen LogP contribution in [0.4, 0.5) is 0 Å². The number of hydrogen-bond donors (Lipinski definition) is 1. The van der Waals surface area contributed by atoms with Crippen LogP contribution in [0.5, 0.6) is 0 Å². The fraction of sp³-hybridized carbons (Fsp3) is 1.00. The molecule has 0 radical (unpaired) electrons. The number of rotatable bonds is 2. The minimum atomic E-state index is -0.0694. The summed E-state index contributed by atoms with van der Waals surface area (Å²) >= 11 is 0. The Morgan fingerprint density at radius 2 is 2.12 bits per heavy atom. The van der Waals surface area contributed by atoms with E-state index < -0.39 is 0 Å². The van der Waals surface area contributed by atoms with Crippen LogP contribution in [-0.4, -0.2) is 12.2 Å². The molecular weight excluding hydrogens is 102 g/mol. The molecule has 2 rings (SSSR count). The first-order valence-corrected chi connectivity index (χ1v) is 3.01. The molecular formula is C5H9N3. The van der Waals surface area contributed by atoms with Crippen molar-refractivity contribution in [1.82, 2.24) is 0 Å². The smallest absolute Gasteiger partial charge is 0.205 e. The first kappa shape index (κ1) is 4.44. The number of nitrogens with zero attached hydrogens (tertiary/aromatic N) is 2. The highest BCUT2D eigenvalue weighted by Crippen LogP contribution is 2.49. The average Bonchev–Trinajstić information content (AvgIpc) is 2.63. The fourth-order valence-corrected chi connectivity index (χ4v) is 1.02. The summed E-state index contributed by atoms with van der Waals surface area (Å²) < 4.78 is 0. The van der Waals surface area contributed by atoms with Crippen molar-refractivity contribution in [3.8, 4) is 0 Å². The van der Waals surface area contributed by atoms with Crippen LogP contribution in [-0.2, 0) is 0 Å². The van der Waals surface area contributed by atoms with Crippen molar-refractivity contribution < 1.29 is 0 Å². The van der Waals surface area contributed by atoms with Gasteiger partial charge in [0.2, 0.25) is 5.66 Å². The Bertz CT molecular complexity index is 131. The van der Waals surface area contributed by atoms with Crippen LogP contribution in [0.15, 0.2) is 10.2 Å². The lowest BCUT2D eigenvalue weighted by Gasteiger charge is -2.01. The third-order valence-electron chi connectivity index (χ3n) is 1.89. The van der Waals surface area contributed by atoms with Crippen LogP contribution < -0.4 is 5.73 Å². The molecule has 0 saturated heterocycles. The molecule has 0 aromatic carbocycles. The molecule has 0 amide bonds. The van der Waals surface area contributed by atoms with Crippen molar-refractivity contribution in [1.29, 1.82) is 0 Å². The summed E-state index contributed by atoms with van der Waals surface area (Å²) in [7, 11) is 0. The zero-order valence-corrected chi connectivity index (χ0v) is 4.67. The Hall–Kier alpha value is -0.440. The molecule has 0 spiro atoms. The van der Waals surface area contributed by atoms with Gasteiger partial charge < -0.3 is 5.73 Å². The van der Waals surface area contributed by atoms with Gasteiger partial charge in [-0.1, -0.05) is 0 Å². The molecule has 44 valence electrons. The Morgan fingerprint density at radius 1 is 1.50 bits per heavy atom. The van der Waals surface area contributed by atoms with Crippen LogP contribution in [0.1, 0.15) is 12.8 Å². The summed E-state index contributed by atoms with van der Waals surface area (Å²) in [6.07, 6.45) is 2.56. The Kier molecular flexibility index (Phi) is 0.612. The molecule has 0 atom stereocenters. The van der Waals surface area contributed by atoms with Gasteiger partial charge in [0, 0.05) is 12.5 Å². The van der Waals surface area contributed by atoms with E-state index in [1.54, 1.807) is 0 Å². The van der Waals surface area contributed by atoms with Crippen molar-refractivity contribution in [2.75, 3.05) is 6.54 Å². The normalized spacial score (nSPS) is 30.6. The largest absolute Gasteiger partial charge is 0.326 e. The quantitative estimate of drug-likeness (QED) is 0.554. The molecule has 2 N–H and O–H groups in total. The van der Waals surface area contributed by atoms with E-state index in [1.807, 2.05) is 0 Å². The highest BCUT2D eigenvalue weighted by molar-refractivity contribution is 5.05. The molecule has 1 saturated carbocycles. The maximum Gasteiger partial charge on any atom is 0.205 e. The van der Waals surface area contributed by atoms with Crippen molar-refractivity contribution in [2.45, 2.75) is 18.5 Å². The van der Waals surface area contributed by atoms with Crippen molar-refractivity contribution in [3.05, 3.63) is 0 Å². The lowest BCUT2D eigenvalue weighted by Crippen LogP contribution is -2.25. The van der Waals surface area contributed by atoms with E-state index in [4.69, 9.17) is 5.73 Å². The van der Waals surface area contributed by atoms with Gasteiger partial charge in [-0.25, -0.2) is 0 Å². The highest BCUT2D eigenvalue weighted by Gasteiger charge is 2.52. The average molecular weight is 111 g/mol. The van der Waals surface area contributed by atoms with Crippen LogP contribution in [0, 0.1) is 5.92 Å². The van der Waals surface area contributed by atoms with E-state index in [-0.39, 0.29) is 5.66 Å². The monoisotopic (exact) mass is 111 g/mol. The lowest BCUT2D eigenvalue weighted by molar-refractivity contribution is 0.536. The van der Waals surface area contributed by atoms with Crippen LogP contribution >= 0.6 is 0 Å². The van der Waals surface area contributed by atoms with Gasteiger partial charge in [-0.15, -0.1) is 0 Å². The Morgan fingerprint density at radius 3 is 2.25 bits per heavy atom. The number of hydrogen-bond acceptors (Lipinski definition) is 3. The molecule has 0 aromatic heterocycles. The van der Waals surface area contributed by atoms with Crippen LogP contribution in [0.2, 0.25) is 0 Å². The van der Waals surface area contributed by atoms with E-state index >= 15 is 0 Å². The summed E-state index contributed by atoms with van der Waals surface area (Å²) in [5.74, 6) is 0.715. The van der Waals surface area contributed by atoms with Crippen molar-refractivity contribution in [3.63, 3.8) is 0 Å². The molecule has 1 fully saturated rings. The highest BCUT2D eigenvalue weighted by atomic mass is 15.5. The van der Waals surface area contributed by atoms with Gasteiger partial charge in [0.1, 0.15) is 0 Å². The number of nitrogens with two attached hydrogens (primary N) is 1. The minimum absolute atomic E-state index is 0.0694. The van der Waals surface area contributed by atoms with Crippen LogP contribution in [0.3, 0.4) is 0 Å². The second-order valence-corrected chi connectivity index (χ2v) is 2.56. The van der Waals surface area contributed by atoms with Gasteiger partial charge in [0.25, 0.3) is 0 Å². The minimum Gasteiger partial charge on any atom is -0.326 e. The summed E-state index contributed by atoms with van der Waals surface area (Å²) in [5.41, 5.74) is 5.35. The molecule has 3 nitrogen and oxygen atoms in total. The van der Waals surface area contributed by atoms with Gasteiger partial charge in [-0.05, 0) is 12.8 Å². The predicted octanol–water partition coefficient (Wildman–Crippen LogP) is 0.517. The maximum atomic E-state index is 5.42. The summed E-state index contributed by atoms with van der Waals surface area (Å²) in [5, 5.41) is 7.83. The van der Waals surface area contributed by atoms with Gasteiger partial charge in [-0.2, -0.15) is 10.2 Å². The third-order valence-corrected chi connectivity index (χ3v) is 1.89. The molecule has 1 heterocycles. The van der Waals surface area contributed by atoms with E-state index in [0.29, 0.717) is 12.5 Å². The first-order valence-electron chi connectivity index (χ1n) is 3.01. The molecule has 0 unspecified atom stereocenters. The topological polar surface area (TPSA) is 50.7 Å². The van der Waals surface area contributed by atoms with Crippen molar-refractivity contribution >= 4 is 0 Å². The van der Waals surface area contributed by atoms with Crippen molar-refractivity contribution in [2.24, 2.45) is 21.9 Å². The molecule has 1 aliphatic heterocycles. The van der Waals surface area contributed by atoms with Gasteiger partial charge in [0.05, 0.1) is 0 Å². The molecule has 3 heteroatoms. The standard InChI is InChI=1S/C5H9N3/c6-3-5(7-8-5)4-1-2-4/h4H,1-3,6H2. The van der Waals surface area contributed by atoms with E-state index in [9.17, 15) is 0 Å². The molecule has 0 aromatic rings. The maximum absolute atomic E-state index is 5.42. The predicted molar refractivity (Wildman–Crippen MR) is 29.4 cm³/mol. The second kappa shape index (κ2) is 1.10. The molecule has 0 bridgehead atoms. The second-order valence-electron chi connectivity index (χ2n) is 2.56. The molecule has 2 aliphatic rings. The van der Waals surface area contributed by atoms with Crippen LogP contribution in [0.25, 0.3) is 0 Å². The summed E-state index contributed by atoms with van der Waals surface area (Å²) in [4.78, 5) is 0. The zero-order valence-electron chi connectivity index (χ0n) is 4.67. The summed E-state index contributed by atoms with van der Waals surface area (Å²) in [6.45, 7) is 0.623. The SMILES string of the molecule is NCC1(C2CC2)N=N1.